The maximum absolute atomic E-state index is 11.3. The standard InChI is InChI=1S/C14H19NO2S/c1-10-3-4-11(2)12(7-10)8-15-5-6-18-9-13(15)14(16)17/h3-4,7,13H,5-6,8-9H2,1-2H3,(H,16,17). The van der Waals surface area contributed by atoms with E-state index in [1.165, 1.54) is 16.7 Å². The Labute approximate surface area is 112 Å². The van der Waals surface area contributed by atoms with Crippen molar-refractivity contribution in [1.29, 1.82) is 0 Å². The van der Waals surface area contributed by atoms with Gasteiger partial charge < -0.3 is 5.11 Å². The van der Waals surface area contributed by atoms with Crippen LogP contribution in [0.4, 0.5) is 0 Å². The lowest BCUT2D eigenvalue weighted by Gasteiger charge is -2.33. The predicted octanol–water partition coefficient (Wildman–Crippen LogP) is 2.31. The Morgan fingerprint density at radius 2 is 2.28 bits per heavy atom. The first-order chi connectivity index (χ1) is 8.58. The number of benzene rings is 1. The van der Waals surface area contributed by atoms with Crippen molar-refractivity contribution in [2.75, 3.05) is 18.1 Å². The van der Waals surface area contributed by atoms with E-state index in [4.69, 9.17) is 0 Å². The van der Waals surface area contributed by atoms with E-state index in [1.54, 1.807) is 11.8 Å². The van der Waals surface area contributed by atoms with Gasteiger partial charge in [0.25, 0.3) is 0 Å². The minimum atomic E-state index is -0.701. The summed E-state index contributed by atoms with van der Waals surface area (Å²) in [5, 5.41) is 9.26. The van der Waals surface area contributed by atoms with Gasteiger partial charge in [0.1, 0.15) is 6.04 Å². The average Bonchev–Trinajstić information content (AvgIpc) is 2.34. The summed E-state index contributed by atoms with van der Waals surface area (Å²) in [6.45, 7) is 5.76. The van der Waals surface area contributed by atoms with Crippen LogP contribution in [0, 0.1) is 13.8 Å². The highest BCUT2D eigenvalue weighted by Crippen LogP contribution is 2.21. The summed E-state index contributed by atoms with van der Waals surface area (Å²) in [7, 11) is 0. The number of carbonyl (C=O) groups is 1. The molecule has 0 spiro atoms. The smallest absolute Gasteiger partial charge is 0.321 e. The van der Waals surface area contributed by atoms with Crippen LogP contribution in [-0.2, 0) is 11.3 Å². The van der Waals surface area contributed by atoms with Gasteiger partial charge in [-0.15, -0.1) is 0 Å². The fourth-order valence-electron chi connectivity index (χ4n) is 2.24. The zero-order chi connectivity index (χ0) is 13.1. The largest absolute Gasteiger partial charge is 0.480 e. The average molecular weight is 265 g/mol. The minimum Gasteiger partial charge on any atom is -0.480 e. The molecular weight excluding hydrogens is 246 g/mol. The summed E-state index contributed by atoms with van der Waals surface area (Å²) in [6, 6.07) is 6.03. The highest BCUT2D eigenvalue weighted by atomic mass is 32.2. The summed E-state index contributed by atoms with van der Waals surface area (Å²) in [6.07, 6.45) is 0. The number of nitrogens with zero attached hydrogens (tertiary/aromatic N) is 1. The van der Waals surface area contributed by atoms with E-state index in [1.807, 2.05) is 0 Å². The van der Waals surface area contributed by atoms with Gasteiger partial charge in [-0.2, -0.15) is 11.8 Å². The Balaban J connectivity index is 2.15. The highest BCUT2D eigenvalue weighted by Gasteiger charge is 2.28. The zero-order valence-corrected chi connectivity index (χ0v) is 11.7. The van der Waals surface area contributed by atoms with Crippen molar-refractivity contribution in [1.82, 2.24) is 4.90 Å². The van der Waals surface area contributed by atoms with Crippen molar-refractivity contribution in [3.63, 3.8) is 0 Å². The van der Waals surface area contributed by atoms with Crippen molar-refractivity contribution < 1.29 is 9.90 Å². The topological polar surface area (TPSA) is 40.5 Å². The van der Waals surface area contributed by atoms with Gasteiger partial charge in [0.05, 0.1) is 0 Å². The molecular formula is C14H19NO2S. The van der Waals surface area contributed by atoms with E-state index in [2.05, 4.69) is 36.9 Å². The molecule has 0 amide bonds. The Hall–Kier alpha value is -1.00. The Bertz CT molecular complexity index is 447. The van der Waals surface area contributed by atoms with Crippen LogP contribution in [0.1, 0.15) is 16.7 Å². The summed E-state index contributed by atoms with van der Waals surface area (Å²) >= 11 is 1.73. The molecule has 1 heterocycles. The number of carboxylic acid groups (broad SMARTS) is 1. The van der Waals surface area contributed by atoms with Crippen molar-refractivity contribution in [3.05, 3.63) is 34.9 Å². The quantitative estimate of drug-likeness (QED) is 0.910. The van der Waals surface area contributed by atoms with Gasteiger partial charge in [-0.25, -0.2) is 0 Å². The third-order valence-electron chi connectivity index (χ3n) is 3.40. The van der Waals surface area contributed by atoms with E-state index < -0.39 is 5.97 Å². The van der Waals surface area contributed by atoms with Crippen LogP contribution in [0.25, 0.3) is 0 Å². The van der Waals surface area contributed by atoms with Gasteiger partial charge >= 0.3 is 5.97 Å². The lowest BCUT2D eigenvalue weighted by Crippen LogP contribution is -2.46. The van der Waals surface area contributed by atoms with Crippen LogP contribution in [0.5, 0.6) is 0 Å². The van der Waals surface area contributed by atoms with E-state index in [0.717, 1.165) is 18.8 Å². The summed E-state index contributed by atoms with van der Waals surface area (Å²) in [5.41, 5.74) is 3.71. The molecule has 1 aliphatic heterocycles. The Morgan fingerprint density at radius 1 is 1.50 bits per heavy atom. The molecule has 4 heteroatoms. The predicted molar refractivity (Wildman–Crippen MR) is 75.1 cm³/mol. The monoisotopic (exact) mass is 265 g/mol. The number of aryl methyl sites for hydroxylation is 2. The van der Waals surface area contributed by atoms with Crippen molar-refractivity contribution in [3.8, 4) is 0 Å². The second-order valence-electron chi connectivity index (χ2n) is 4.83. The van der Waals surface area contributed by atoms with Crippen LogP contribution >= 0.6 is 11.8 Å². The van der Waals surface area contributed by atoms with E-state index in [0.29, 0.717) is 5.75 Å². The summed E-state index contributed by atoms with van der Waals surface area (Å²) < 4.78 is 0. The molecule has 1 unspecified atom stereocenters. The van der Waals surface area contributed by atoms with Gasteiger partial charge in [-0.1, -0.05) is 23.8 Å². The number of aliphatic carboxylic acids is 1. The maximum Gasteiger partial charge on any atom is 0.321 e. The molecule has 1 N–H and O–H groups in total. The molecule has 0 radical (unpaired) electrons. The lowest BCUT2D eigenvalue weighted by molar-refractivity contribution is -0.142. The van der Waals surface area contributed by atoms with Crippen LogP contribution < -0.4 is 0 Å². The number of hydrogen-bond donors (Lipinski definition) is 1. The third-order valence-corrected chi connectivity index (χ3v) is 4.43. The second kappa shape index (κ2) is 5.76. The van der Waals surface area contributed by atoms with Crippen LogP contribution in [0.15, 0.2) is 18.2 Å². The number of carboxylic acids is 1. The molecule has 1 aliphatic rings. The highest BCUT2D eigenvalue weighted by molar-refractivity contribution is 7.99. The molecule has 98 valence electrons. The fourth-order valence-corrected chi connectivity index (χ4v) is 3.35. The molecule has 1 fully saturated rings. The molecule has 3 nitrogen and oxygen atoms in total. The first-order valence-corrected chi connectivity index (χ1v) is 7.34. The van der Waals surface area contributed by atoms with Gasteiger partial charge in [0.2, 0.25) is 0 Å². The van der Waals surface area contributed by atoms with Crippen molar-refractivity contribution >= 4 is 17.7 Å². The lowest BCUT2D eigenvalue weighted by atomic mass is 10.0. The van der Waals surface area contributed by atoms with Gasteiger partial charge in [0.15, 0.2) is 0 Å². The molecule has 0 aliphatic carbocycles. The second-order valence-corrected chi connectivity index (χ2v) is 5.98. The van der Waals surface area contributed by atoms with Crippen LogP contribution in [0.3, 0.4) is 0 Å². The van der Waals surface area contributed by atoms with Crippen molar-refractivity contribution in [2.24, 2.45) is 0 Å². The van der Waals surface area contributed by atoms with E-state index in [-0.39, 0.29) is 6.04 Å². The minimum absolute atomic E-state index is 0.344. The maximum atomic E-state index is 11.3. The molecule has 1 atom stereocenters. The zero-order valence-electron chi connectivity index (χ0n) is 10.8. The molecule has 18 heavy (non-hydrogen) atoms. The van der Waals surface area contributed by atoms with E-state index in [9.17, 15) is 9.90 Å². The van der Waals surface area contributed by atoms with Crippen LogP contribution in [-0.4, -0.2) is 40.1 Å². The number of rotatable bonds is 3. The van der Waals surface area contributed by atoms with Gasteiger partial charge in [-0.05, 0) is 25.0 Å². The first kappa shape index (κ1) is 13.4. The van der Waals surface area contributed by atoms with Gasteiger partial charge in [0, 0.05) is 24.6 Å². The Kier molecular flexibility index (Phi) is 4.30. The SMILES string of the molecule is Cc1ccc(C)c(CN2CCSCC2C(=O)O)c1. The Morgan fingerprint density at radius 3 is 3.00 bits per heavy atom. The number of thioether (sulfide) groups is 1. The molecule has 0 saturated carbocycles. The molecule has 1 saturated heterocycles. The molecule has 1 aromatic rings. The molecule has 0 aromatic heterocycles. The van der Waals surface area contributed by atoms with E-state index >= 15 is 0 Å². The normalized spacial score (nSPS) is 20.9. The fraction of sp³-hybridized carbons (Fsp3) is 0.500. The summed E-state index contributed by atoms with van der Waals surface area (Å²) in [4.78, 5) is 13.3. The molecule has 0 bridgehead atoms. The first-order valence-electron chi connectivity index (χ1n) is 6.18. The van der Waals surface area contributed by atoms with Crippen LogP contribution in [0.2, 0.25) is 0 Å². The van der Waals surface area contributed by atoms with Gasteiger partial charge in [-0.3, -0.25) is 9.69 Å². The molecule has 2 rings (SSSR count). The molecule has 1 aromatic carbocycles. The summed E-state index contributed by atoms with van der Waals surface area (Å²) in [5.74, 6) is 1.02. The number of hydrogen-bond acceptors (Lipinski definition) is 3. The third kappa shape index (κ3) is 3.06. The van der Waals surface area contributed by atoms with Crippen molar-refractivity contribution in [2.45, 2.75) is 26.4 Å².